The van der Waals surface area contributed by atoms with Crippen LogP contribution in [0, 0.1) is 0 Å². The van der Waals surface area contributed by atoms with E-state index < -0.39 is 17.3 Å². The Bertz CT molecular complexity index is 561. The number of aromatic nitrogens is 1. The summed E-state index contributed by atoms with van der Waals surface area (Å²) in [4.78, 5) is 14.6. The number of alkyl halides is 3. The summed E-state index contributed by atoms with van der Waals surface area (Å²) < 4.78 is 37.5. The van der Waals surface area contributed by atoms with Crippen molar-refractivity contribution in [3.8, 4) is 0 Å². The lowest BCUT2D eigenvalue weighted by atomic mass is 10.2. The van der Waals surface area contributed by atoms with Crippen LogP contribution < -0.4 is 5.56 Å². The zero-order chi connectivity index (χ0) is 11.1. The topological polar surface area (TPSA) is 30.0 Å². The van der Waals surface area contributed by atoms with E-state index in [0.29, 0.717) is 4.70 Å². The highest BCUT2D eigenvalue weighted by molar-refractivity contribution is 7.16. The average Bonchev–Trinajstić information content (AvgIpc) is 2.16. The van der Waals surface area contributed by atoms with Crippen molar-refractivity contribution in [2.75, 3.05) is 0 Å². The molecule has 0 amide bonds. The Morgan fingerprint density at radius 1 is 1.27 bits per heavy atom. The third kappa shape index (κ3) is 1.85. The Balaban J connectivity index is 2.76. The van der Waals surface area contributed by atoms with Gasteiger partial charge in [0.05, 0.1) is 16.5 Å². The van der Waals surface area contributed by atoms with Gasteiger partial charge in [0.25, 0.3) is 5.56 Å². The molecule has 0 fully saturated rings. The Kier molecular flexibility index (Phi) is 2.22. The van der Waals surface area contributed by atoms with Crippen LogP contribution in [-0.4, -0.2) is 4.98 Å². The van der Waals surface area contributed by atoms with Crippen LogP contribution in [0.1, 0.15) is 5.56 Å². The highest BCUT2D eigenvalue weighted by atomic mass is 32.1. The molecular formula is C9H4F3NOS. The molecule has 0 unspecified atom stereocenters. The molecule has 2 aromatic rings. The van der Waals surface area contributed by atoms with Gasteiger partial charge in [0.15, 0.2) is 0 Å². The van der Waals surface area contributed by atoms with Gasteiger partial charge in [0.2, 0.25) is 0 Å². The van der Waals surface area contributed by atoms with E-state index in [0.717, 1.165) is 23.5 Å². The van der Waals surface area contributed by atoms with E-state index in [1.165, 1.54) is 11.6 Å². The number of hydrogen-bond acceptors (Lipinski definition) is 3. The monoisotopic (exact) mass is 231 g/mol. The number of halogens is 3. The van der Waals surface area contributed by atoms with Gasteiger partial charge in [0, 0.05) is 4.70 Å². The Hall–Kier alpha value is -1.43. The third-order valence-corrected chi connectivity index (χ3v) is 2.71. The predicted molar refractivity (Wildman–Crippen MR) is 50.9 cm³/mol. The van der Waals surface area contributed by atoms with Crippen LogP contribution in [0.25, 0.3) is 10.1 Å². The van der Waals surface area contributed by atoms with Crippen LogP contribution >= 0.6 is 11.3 Å². The van der Waals surface area contributed by atoms with Gasteiger partial charge in [-0.25, -0.2) is 4.98 Å². The second-order valence-corrected chi connectivity index (χ2v) is 3.75. The SMILES string of the molecule is O=c1ncsc2ccc(C(F)(F)F)cc12. The highest BCUT2D eigenvalue weighted by Gasteiger charge is 2.30. The maximum Gasteiger partial charge on any atom is 0.416 e. The molecule has 78 valence electrons. The first-order valence-electron chi connectivity index (χ1n) is 3.93. The number of nitrogens with zero attached hydrogens (tertiary/aromatic N) is 1. The molecule has 0 aliphatic heterocycles. The molecule has 1 heterocycles. The second-order valence-electron chi connectivity index (χ2n) is 2.87. The molecule has 1 aromatic heterocycles. The zero-order valence-corrected chi connectivity index (χ0v) is 8.02. The van der Waals surface area contributed by atoms with Crippen LogP contribution in [0.5, 0.6) is 0 Å². The van der Waals surface area contributed by atoms with E-state index in [-0.39, 0.29) is 5.39 Å². The summed E-state index contributed by atoms with van der Waals surface area (Å²) in [6, 6.07) is 3.07. The second kappa shape index (κ2) is 3.30. The number of benzene rings is 1. The molecule has 0 atom stereocenters. The van der Waals surface area contributed by atoms with Gasteiger partial charge in [-0.2, -0.15) is 13.2 Å². The molecule has 0 aliphatic carbocycles. The fourth-order valence-corrected chi connectivity index (χ4v) is 1.86. The van der Waals surface area contributed by atoms with Crippen molar-refractivity contribution < 1.29 is 13.2 Å². The van der Waals surface area contributed by atoms with Gasteiger partial charge in [0.1, 0.15) is 0 Å². The largest absolute Gasteiger partial charge is 0.416 e. The van der Waals surface area contributed by atoms with Crippen molar-refractivity contribution in [3.63, 3.8) is 0 Å². The lowest BCUT2D eigenvalue weighted by Gasteiger charge is -2.06. The van der Waals surface area contributed by atoms with E-state index >= 15 is 0 Å². The molecule has 0 radical (unpaired) electrons. The Morgan fingerprint density at radius 3 is 2.67 bits per heavy atom. The van der Waals surface area contributed by atoms with E-state index in [1.807, 2.05) is 0 Å². The van der Waals surface area contributed by atoms with Gasteiger partial charge < -0.3 is 0 Å². The molecule has 6 heteroatoms. The minimum absolute atomic E-state index is 0.0114. The third-order valence-electron chi connectivity index (χ3n) is 1.89. The summed E-state index contributed by atoms with van der Waals surface area (Å²) in [5.74, 6) is 0. The standard InChI is InChI=1S/C9H4F3NOS/c10-9(11,12)5-1-2-7-6(3-5)8(14)13-4-15-7/h1-4H. The summed E-state index contributed by atoms with van der Waals surface area (Å²) >= 11 is 1.13. The number of rotatable bonds is 0. The summed E-state index contributed by atoms with van der Waals surface area (Å²) in [6.07, 6.45) is -4.43. The van der Waals surface area contributed by atoms with E-state index in [9.17, 15) is 18.0 Å². The highest BCUT2D eigenvalue weighted by Crippen LogP contribution is 2.31. The summed E-state index contributed by atoms with van der Waals surface area (Å²) in [7, 11) is 0. The molecule has 0 saturated heterocycles. The quantitative estimate of drug-likeness (QED) is 0.697. The van der Waals surface area contributed by atoms with Crippen LogP contribution in [0.4, 0.5) is 13.2 Å². The van der Waals surface area contributed by atoms with Crippen molar-refractivity contribution in [1.29, 1.82) is 0 Å². The van der Waals surface area contributed by atoms with E-state index in [2.05, 4.69) is 4.98 Å². The van der Waals surface area contributed by atoms with E-state index in [4.69, 9.17) is 0 Å². The van der Waals surface area contributed by atoms with Crippen LogP contribution in [-0.2, 0) is 6.18 Å². The van der Waals surface area contributed by atoms with Crippen molar-refractivity contribution in [3.05, 3.63) is 39.6 Å². The lowest BCUT2D eigenvalue weighted by Crippen LogP contribution is -2.08. The smallest absolute Gasteiger partial charge is 0.267 e. The number of hydrogen-bond donors (Lipinski definition) is 0. The minimum atomic E-state index is -4.43. The Labute approximate surface area is 86.0 Å². The van der Waals surface area contributed by atoms with Crippen molar-refractivity contribution in [1.82, 2.24) is 4.98 Å². The molecule has 0 saturated carbocycles. The maximum atomic E-state index is 12.3. The van der Waals surface area contributed by atoms with Crippen molar-refractivity contribution in [2.24, 2.45) is 0 Å². The van der Waals surface area contributed by atoms with Gasteiger partial charge in [-0.3, -0.25) is 4.79 Å². The van der Waals surface area contributed by atoms with Crippen LogP contribution in [0.15, 0.2) is 28.5 Å². The first kappa shape index (κ1) is 10.1. The molecule has 0 bridgehead atoms. The van der Waals surface area contributed by atoms with E-state index in [1.54, 1.807) is 0 Å². The lowest BCUT2D eigenvalue weighted by molar-refractivity contribution is -0.137. The fourth-order valence-electron chi connectivity index (χ4n) is 1.18. The van der Waals surface area contributed by atoms with Crippen molar-refractivity contribution in [2.45, 2.75) is 6.18 Å². The first-order valence-corrected chi connectivity index (χ1v) is 4.81. The molecule has 15 heavy (non-hydrogen) atoms. The molecule has 1 aromatic carbocycles. The fraction of sp³-hybridized carbons (Fsp3) is 0.111. The molecular weight excluding hydrogens is 227 g/mol. The molecule has 2 nitrogen and oxygen atoms in total. The summed E-state index contributed by atoms with van der Waals surface area (Å²) in [6.45, 7) is 0. The normalized spacial score (nSPS) is 11.9. The van der Waals surface area contributed by atoms with Gasteiger partial charge in [-0.15, -0.1) is 11.3 Å². The molecule has 0 N–H and O–H groups in total. The average molecular weight is 231 g/mol. The van der Waals surface area contributed by atoms with Crippen LogP contribution in [0.2, 0.25) is 0 Å². The predicted octanol–water partition coefficient (Wildman–Crippen LogP) is 2.68. The Morgan fingerprint density at radius 2 is 2.00 bits per heavy atom. The van der Waals surface area contributed by atoms with Gasteiger partial charge in [-0.1, -0.05) is 0 Å². The zero-order valence-electron chi connectivity index (χ0n) is 7.21. The number of fused-ring (bicyclic) bond motifs is 1. The summed E-state index contributed by atoms with van der Waals surface area (Å²) in [5.41, 5.74) is -0.139. The molecule has 2 rings (SSSR count). The maximum absolute atomic E-state index is 12.3. The molecule has 0 spiro atoms. The van der Waals surface area contributed by atoms with Crippen LogP contribution in [0.3, 0.4) is 0 Å². The minimum Gasteiger partial charge on any atom is -0.267 e. The molecule has 0 aliphatic rings. The van der Waals surface area contributed by atoms with Gasteiger partial charge >= 0.3 is 6.18 Å². The summed E-state index contributed by atoms with van der Waals surface area (Å²) in [5, 5.41) is 0.0114. The van der Waals surface area contributed by atoms with Gasteiger partial charge in [-0.05, 0) is 18.2 Å². The first-order chi connectivity index (χ1) is 6.98. The van der Waals surface area contributed by atoms with Crippen molar-refractivity contribution >= 4 is 21.4 Å².